The van der Waals surface area contributed by atoms with Crippen LogP contribution in [0.25, 0.3) is 0 Å². The Morgan fingerprint density at radius 1 is 1.33 bits per heavy atom. The number of quaternary nitrogens is 1. The number of aryl methyl sites for hydroxylation is 1. The van der Waals surface area contributed by atoms with Gasteiger partial charge in [-0.25, -0.2) is 0 Å². The van der Waals surface area contributed by atoms with Gasteiger partial charge in [0.1, 0.15) is 12.6 Å². The maximum absolute atomic E-state index is 11.9. The molecule has 0 aromatic heterocycles. The Morgan fingerprint density at radius 3 is 2.33 bits per heavy atom. The number of benzene rings is 1. The molecule has 1 aromatic carbocycles. The van der Waals surface area contributed by atoms with Gasteiger partial charge in [-0.2, -0.15) is 0 Å². The Hall–Kier alpha value is 0.1000. The first-order valence-corrected chi connectivity index (χ1v) is 10.8. The average Bonchev–Trinajstić information content (AvgIpc) is 2.24. The van der Waals surface area contributed by atoms with Gasteiger partial charge < -0.3 is 13.9 Å². The standard InChI is InChI=1S/C15H26NO2PS2/c1-11(2)13-8-7-12(3)14(9-13)15(10-16(4,5)6)18-19(17,20)21/h7-9,11,15H,10H2,1-6H3,(H-,17,20,21). The summed E-state index contributed by atoms with van der Waals surface area (Å²) >= 11 is 8.80. The first-order chi connectivity index (χ1) is 9.39. The van der Waals surface area contributed by atoms with Gasteiger partial charge in [0.2, 0.25) is 0 Å². The molecule has 120 valence electrons. The molecular formula is C15H26NO2PS2. The van der Waals surface area contributed by atoms with Crippen molar-refractivity contribution in [2.75, 3.05) is 27.7 Å². The second kappa shape index (κ2) is 7.12. The molecule has 6 heteroatoms. The Labute approximate surface area is 139 Å². The lowest BCUT2D eigenvalue weighted by Gasteiger charge is -2.34. The monoisotopic (exact) mass is 347 g/mol. The normalized spacial score (nSPS) is 16.8. The Morgan fingerprint density at radius 2 is 1.90 bits per heavy atom. The van der Waals surface area contributed by atoms with E-state index in [1.54, 1.807) is 0 Å². The van der Waals surface area contributed by atoms with Crippen molar-refractivity contribution in [3.05, 3.63) is 34.9 Å². The topological polar surface area (TPSA) is 32.3 Å². The first-order valence-electron chi connectivity index (χ1n) is 7.02. The van der Waals surface area contributed by atoms with Crippen molar-refractivity contribution in [3.63, 3.8) is 0 Å². The molecule has 0 aliphatic rings. The summed E-state index contributed by atoms with van der Waals surface area (Å²) in [5.74, 6) is 0.431. The fourth-order valence-electron chi connectivity index (χ4n) is 2.21. The van der Waals surface area contributed by atoms with Gasteiger partial charge in [-0.1, -0.05) is 43.9 Å². The van der Waals surface area contributed by atoms with Crippen molar-refractivity contribution < 1.29 is 13.9 Å². The highest BCUT2D eigenvalue weighted by molar-refractivity contribution is 8.59. The minimum atomic E-state index is -3.26. The van der Waals surface area contributed by atoms with Crippen LogP contribution in [0.4, 0.5) is 0 Å². The van der Waals surface area contributed by atoms with Crippen LogP contribution in [0, 0.1) is 6.92 Å². The highest BCUT2D eigenvalue weighted by atomic mass is 32.9. The molecule has 0 saturated heterocycles. The van der Waals surface area contributed by atoms with Gasteiger partial charge in [-0.15, -0.1) is 12.2 Å². The first kappa shape index (κ1) is 19.1. The lowest BCUT2D eigenvalue weighted by molar-refractivity contribution is -0.874. The van der Waals surface area contributed by atoms with Crippen molar-refractivity contribution in [3.8, 4) is 0 Å². The molecule has 1 rings (SSSR count). The van der Waals surface area contributed by atoms with Crippen LogP contribution in [-0.4, -0.2) is 32.2 Å². The molecule has 0 heterocycles. The van der Waals surface area contributed by atoms with E-state index in [4.69, 9.17) is 16.3 Å². The van der Waals surface area contributed by atoms with E-state index >= 15 is 0 Å². The molecule has 0 bridgehead atoms. The lowest BCUT2D eigenvalue weighted by Crippen LogP contribution is -2.39. The largest absolute Gasteiger partial charge is 0.793 e. The van der Waals surface area contributed by atoms with Crippen molar-refractivity contribution in [2.45, 2.75) is 32.8 Å². The van der Waals surface area contributed by atoms with E-state index in [0.29, 0.717) is 16.9 Å². The lowest BCUT2D eigenvalue weighted by atomic mass is 9.95. The fraction of sp³-hybridized carbons (Fsp3) is 0.600. The Balaban J connectivity index is 3.24. The molecular weight excluding hydrogens is 321 g/mol. The maximum Gasteiger partial charge on any atom is 0.136 e. The van der Waals surface area contributed by atoms with Crippen molar-refractivity contribution in [1.29, 1.82) is 0 Å². The van der Waals surface area contributed by atoms with Crippen LogP contribution in [0.1, 0.15) is 42.6 Å². The predicted octanol–water partition coefficient (Wildman–Crippen LogP) is 3.40. The Kier molecular flexibility index (Phi) is 6.49. The van der Waals surface area contributed by atoms with Crippen LogP contribution in [-0.2, 0) is 16.3 Å². The molecule has 2 unspecified atom stereocenters. The molecule has 0 spiro atoms. The van der Waals surface area contributed by atoms with Gasteiger partial charge in [0.25, 0.3) is 0 Å². The van der Waals surface area contributed by atoms with Crippen LogP contribution < -0.4 is 4.89 Å². The summed E-state index contributed by atoms with van der Waals surface area (Å²) in [6.07, 6.45) is -0.315. The predicted molar refractivity (Wildman–Crippen MR) is 95.3 cm³/mol. The van der Waals surface area contributed by atoms with E-state index in [0.717, 1.165) is 11.1 Å². The van der Waals surface area contributed by atoms with Crippen LogP contribution in [0.3, 0.4) is 0 Å². The van der Waals surface area contributed by atoms with Gasteiger partial charge >= 0.3 is 0 Å². The number of nitrogens with zero attached hydrogens (tertiary/aromatic N) is 1. The van der Waals surface area contributed by atoms with E-state index in [-0.39, 0.29) is 6.10 Å². The van der Waals surface area contributed by atoms with E-state index in [9.17, 15) is 4.89 Å². The van der Waals surface area contributed by atoms with E-state index in [1.165, 1.54) is 5.56 Å². The molecule has 0 saturated carbocycles. The molecule has 0 radical (unpaired) electrons. The average molecular weight is 347 g/mol. The summed E-state index contributed by atoms with van der Waals surface area (Å²) in [4.78, 5) is 11.9. The van der Waals surface area contributed by atoms with E-state index in [2.05, 4.69) is 65.4 Å². The molecule has 0 amide bonds. The maximum atomic E-state index is 11.9. The minimum Gasteiger partial charge on any atom is -0.793 e. The van der Waals surface area contributed by atoms with Crippen molar-refractivity contribution >= 4 is 29.7 Å². The van der Waals surface area contributed by atoms with Crippen LogP contribution in [0.15, 0.2) is 18.2 Å². The molecule has 0 fully saturated rings. The third-order valence-electron chi connectivity index (χ3n) is 3.29. The zero-order valence-electron chi connectivity index (χ0n) is 13.7. The third kappa shape index (κ3) is 6.81. The minimum absolute atomic E-state index is 0.315. The molecule has 0 aliphatic carbocycles. The molecule has 2 atom stereocenters. The zero-order valence-corrected chi connectivity index (χ0v) is 16.3. The van der Waals surface area contributed by atoms with Crippen molar-refractivity contribution in [2.24, 2.45) is 0 Å². The second-order valence-corrected chi connectivity index (χ2v) is 11.8. The van der Waals surface area contributed by atoms with Crippen molar-refractivity contribution in [1.82, 2.24) is 0 Å². The number of rotatable bonds is 6. The van der Waals surface area contributed by atoms with Gasteiger partial charge in [-0.05, 0) is 29.5 Å². The van der Waals surface area contributed by atoms with E-state index in [1.807, 2.05) is 6.92 Å². The highest BCUT2D eigenvalue weighted by Crippen LogP contribution is 2.48. The van der Waals surface area contributed by atoms with Gasteiger partial charge in [0, 0.05) is 5.69 Å². The summed E-state index contributed by atoms with van der Waals surface area (Å²) < 4.78 is 6.33. The fourth-order valence-corrected chi connectivity index (χ4v) is 3.37. The summed E-state index contributed by atoms with van der Waals surface area (Å²) in [5, 5.41) is 0. The summed E-state index contributed by atoms with van der Waals surface area (Å²) in [7, 11) is 6.22. The molecule has 21 heavy (non-hydrogen) atoms. The quantitative estimate of drug-likeness (QED) is 0.486. The summed E-state index contributed by atoms with van der Waals surface area (Å²) in [6, 6.07) is 6.35. The van der Waals surface area contributed by atoms with Crippen LogP contribution in [0.5, 0.6) is 0 Å². The summed E-state index contributed by atoms with van der Waals surface area (Å²) in [6.45, 7) is 7.03. The number of hydrogen-bond acceptors (Lipinski definition) is 3. The smallest absolute Gasteiger partial charge is 0.136 e. The molecule has 1 aromatic rings. The van der Waals surface area contributed by atoms with Gasteiger partial charge in [0.15, 0.2) is 0 Å². The third-order valence-corrected chi connectivity index (χ3v) is 4.35. The SMILES string of the molecule is Cc1ccc(C(C)C)cc1C(C[N+](C)(C)C)OP([O-])(=S)S. The number of hydrogen-bond donors (Lipinski definition) is 1. The Bertz CT molecular complexity index is 535. The van der Waals surface area contributed by atoms with E-state index < -0.39 is 5.69 Å². The van der Waals surface area contributed by atoms with Crippen LogP contribution in [0.2, 0.25) is 0 Å². The molecule has 0 aliphatic heterocycles. The van der Waals surface area contributed by atoms with Crippen LogP contribution >= 0.6 is 17.9 Å². The molecule has 0 N–H and O–H groups in total. The molecule has 3 nitrogen and oxygen atoms in total. The second-order valence-electron chi connectivity index (χ2n) is 6.81. The summed E-state index contributed by atoms with van der Waals surface area (Å²) in [5.41, 5.74) is 0.145. The number of thiol groups is 1. The van der Waals surface area contributed by atoms with Gasteiger partial charge in [-0.3, -0.25) is 0 Å². The number of likely N-dealkylation sites (N-methyl/N-ethyl adjacent to an activating group) is 1. The highest BCUT2D eigenvalue weighted by Gasteiger charge is 2.24. The zero-order chi connectivity index (χ0) is 16.4. The van der Waals surface area contributed by atoms with Gasteiger partial charge in [0.05, 0.1) is 21.1 Å².